The van der Waals surface area contributed by atoms with E-state index in [-0.39, 0.29) is 0 Å². The molecular weight excluding hydrogens is 208 g/mol. The van der Waals surface area contributed by atoms with Gasteiger partial charge in [0.1, 0.15) is 0 Å². The Bertz CT molecular complexity index is 394. The quantitative estimate of drug-likeness (QED) is 0.840. The second-order valence-electron chi connectivity index (χ2n) is 5.39. The lowest BCUT2D eigenvalue weighted by Crippen LogP contribution is -2.32. The molecule has 0 bridgehead atoms. The monoisotopic (exact) mass is 230 g/mol. The van der Waals surface area contributed by atoms with Gasteiger partial charge in [-0.3, -0.25) is 0 Å². The van der Waals surface area contributed by atoms with Crippen LogP contribution in [0, 0.1) is 0 Å². The number of fused-ring (bicyclic) bond motifs is 1. The molecule has 0 unspecified atom stereocenters. The van der Waals surface area contributed by atoms with Gasteiger partial charge in [0, 0.05) is 25.3 Å². The Balaban J connectivity index is 1.91. The minimum Gasteiger partial charge on any atom is -0.371 e. The predicted molar refractivity (Wildman–Crippen MR) is 72.5 cm³/mol. The summed E-state index contributed by atoms with van der Waals surface area (Å²) in [6, 6.07) is 7.58. The van der Waals surface area contributed by atoms with E-state index in [1.54, 1.807) is 5.56 Å². The Hall–Kier alpha value is -1.02. The topological polar surface area (TPSA) is 15.3 Å². The van der Waals surface area contributed by atoms with E-state index in [0.717, 1.165) is 19.1 Å². The summed E-state index contributed by atoms with van der Waals surface area (Å²) in [5, 5.41) is 3.50. The molecule has 1 aromatic rings. The molecule has 1 aliphatic carbocycles. The average molecular weight is 230 g/mol. The van der Waals surface area contributed by atoms with Crippen molar-refractivity contribution in [3.8, 4) is 0 Å². The highest BCUT2D eigenvalue weighted by molar-refractivity contribution is 5.57. The highest BCUT2D eigenvalue weighted by atomic mass is 15.1. The van der Waals surface area contributed by atoms with Crippen molar-refractivity contribution in [2.24, 2.45) is 0 Å². The van der Waals surface area contributed by atoms with Crippen molar-refractivity contribution in [2.45, 2.75) is 44.7 Å². The van der Waals surface area contributed by atoms with Crippen molar-refractivity contribution in [1.29, 1.82) is 0 Å². The molecule has 2 heteroatoms. The van der Waals surface area contributed by atoms with Gasteiger partial charge in [0.15, 0.2) is 0 Å². The van der Waals surface area contributed by atoms with Crippen LogP contribution in [0.2, 0.25) is 0 Å². The Morgan fingerprint density at radius 2 is 2.06 bits per heavy atom. The van der Waals surface area contributed by atoms with Crippen LogP contribution in [0.25, 0.3) is 0 Å². The third kappa shape index (κ3) is 2.06. The normalized spacial score (nSPS) is 20.3. The number of nitrogens with one attached hydrogen (secondary N) is 1. The number of hydrogen-bond acceptors (Lipinski definition) is 2. The fourth-order valence-electron chi connectivity index (χ4n) is 3.31. The maximum atomic E-state index is 3.50. The SMILES string of the molecule is CN(c1cccc2c1CNCC2)C1CCCC1. The Kier molecular flexibility index (Phi) is 3.06. The Morgan fingerprint density at radius 1 is 1.24 bits per heavy atom. The van der Waals surface area contributed by atoms with Crippen molar-refractivity contribution in [3.05, 3.63) is 29.3 Å². The van der Waals surface area contributed by atoms with Crippen LogP contribution in [0.1, 0.15) is 36.8 Å². The zero-order chi connectivity index (χ0) is 11.7. The lowest BCUT2D eigenvalue weighted by molar-refractivity contribution is 0.621. The lowest BCUT2D eigenvalue weighted by Gasteiger charge is -2.31. The summed E-state index contributed by atoms with van der Waals surface area (Å²) in [6.45, 7) is 2.17. The van der Waals surface area contributed by atoms with Crippen molar-refractivity contribution < 1.29 is 0 Å². The molecule has 2 nitrogen and oxygen atoms in total. The van der Waals surface area contributed by atoms with Gasteiger partial charge >= 0.3 is 0 Å². The molecule has 1 saturated carbocycles. The first-order valence-electron chi connectivity index (χ1n) is 6.90. The van der Waals surface area contributed by atoms with Gasteiger partial charge in [-0.15, -0.1) is 0 Å². The van der Waals surface area contributed by atoms with E-state index in [4.69, 9.17) is 0 Å². The van der Waals surface area contributed by atoms with Crippen LogP contribution in [-0.2, 0) is 13.0 Å². The Labute approximate surface area is 104 Å². The van der Waals surface area contributed by atoms with Crippen molar-refractivity contribution >= 4 is 5.69 Å². The molecular formula is C15H22N2. The summed E-state index contributed by atoms with van der Waals surface area (Å²) < 4.78 is 0. The second-order valence-corrected chi connectivity index (χ2v) is 5.39. The third-order valence-corrected chi connectivity index (χ3v) is 4.37. The first kappa shape index (κ1) is 11.1. The molecule has 0 saturated heterocycles. The molecule has 0 atom stereocenters. The number of benzene rings is 1. The molecule has 1 N–H and O–H groups in total. The molecule has 1 fully saturated rings. The van der Waals surface area contributed by atoms with Crippen LogP contribution in [0.15, 0.2) is 18.2 Å². The van der Waals surface area contributed by atoms with Crippen molar-refractivity contribution in [2.75, 3.05) is 18.5 Å². The van der Waals surface area contributed by atoms with Crippen molar-refractivity contribution in [1.82, 2.24) is 5.32 Å². The van der Waals surface area contributed by atoms with Gasteiger partial charge < -0.3 is 10.2 Å². The molecule has 2 aliphatic rings. The average Bonchev–Trinajstić information content (AvgIpc) is 2.91. The van der Waals surface area contributed by atoms with Crippen LogP contribution in [-0.4, -0.2) is 19.6 Å². The van der Waals surface area contributed by atoms with E-state index in [1.165, 1.54) is 43.4 Å². The third-order valence-electron chi connectivity index (χ3n) is 4.37. The van der Waals surface area contributed by atoms with E-state index < -0.39 is 0 Å². The zero-order valence-corrected chi connectivity index (χ0v) is 10.7. The molecule has 0 aromatic heterocycles. The van der Waals surface area contributed by atoms with Gasteiger partial charge in [-0.2, -0.15) is 0 Å². The van der Waals surface area contributed by atoms with Gasteiger partial charge in [0.2, 0.25) is 0 Å². The maximum absolute atomic E-state index is 3.50. The van der Waals surface area contributed by atoms with E-state index >= 15 is 0 Å². The lowest BCUT2D eigenvalue weighted by atomic mass is 9.98. The maximum Gasteiger partial charge on any atom is 0.0414 e. The molecule has 17 heavy (non-hydrogen) atoms. The van der Waals surface area contributed by atoms with Crippen LogP contribution in [0.5, 0.6) is 0 Å². The van der Waals surface area contributed by atoms with Gasteiger partial charge in [-0.1, -0.05) is 25.0 Å². The number of nitrogens with zero attached hydrogens (tertiary/aromatic N) is 1. The minimum atomic E-state index is 0.767. The summed E-state index contributed by atoms with van der Waals surface area (Å²) in [5.74, 6) is 0. The van der Waals surface area contributed by atoms with E-state index in [0.29, 0.717) is 0 Å². The smallest absolute Gasteiger partial charge is 0.0414 e. The molecule has 1 aromatic carbocycles. The summed E-state index contributed by atoms with van der Waals surface area (Å²) in [5.41, 5.74) is 4.54. The van der Waals surface area contributed by atoms with E-state index in [1.807, 2.05) is 0 Å². The summed E-state index contributed by atoms with van der Waals surface area (Å²) >= 11 is 0. The largest absolute Gasteiger partial charge is 0.371 e. The van der Waals surface area contributed by atoms with Crippen LogP contribution >= 0.6 is 0 Å². The summed E-state index contributed by atoms with van der Waals surface area (Å²) in [4.78, 5) is 2.53. The fraction of sp³-hybridized carbons (Fsp3) is 0.600. The van der Waals surface area contributed by atoms with Crippen molar-refractivity contribution in [3.63, 3.8) is 0 Å². The predicted octanol–water partition coefficient (Wildman–Crippen LogP) is 2.71. The molecule has 1 aliphatic heterocycles. The van der Waals surface area contributed by atoms with Gasteiger partial charge in [0.25, 0.3) is 0 Å². The standard InChI is InChI=1S/C15H22N2/c1-17(13-6-2-3-7-13)15-8-4-5-12-9-10-16-11-14(12)15/h4-5,8,13,16H,2-3,6-7,9-11H2,1H3. The number of anilines is 1. The molecule has 92 valence electrons. The molecule has 0 spiro atoms. The van der Waals surface area contributed by atoms with Crippen LogP contribution < -0.4 is 10.2 Å². The summed E-state index contributed by atoms with van der Waals surface area (Å²) in [6.07, 6.45) is 6.73. The van der Waals surface area contributed by atoms with E-state index in [2.05, 4.69) is 35.5 Å². The van der Waals surface area contributed by atoms with Gasteiger partial charge in [0.05, 0.1) is 0 Å². The fourth-order valence-corrected chi connectivity index (χ4v) is 3.31. The minimum absolute atomic E-state index is 0.767. The molecule has 0 amide bonds. The highest BCUT2D eigenvalue weighted by Gasteiger charge is 2.23. The first-order chi connectivity index (χ1) is 8.36. The summed E-state index contributed by atoms with van der Waals surface area (Å²) in [7, 11) is 2.28. The highest BCUT2D eigenvalue weighted by Crippen LogP contribution is 2.31. The van der Waals surface area contributed by atoms with E-state index in [9.17, 15) is 0 Å². The molecule has 3 rings (SSSR count). The Morgan fingerprint density at radius 3 is 2.88 bits per heavy atom. The molecule has 1 heterocycles. The molecule has 0 radical (unpaired) electrons. The van der Waals surface area contributed by atoms with Crippen LogP contribution in [0.3, 0.4) is 0 Å². The second kappa shape index (κ2) is 4.69. The number of hydrogen-bond donors (Lipinski definition) is 1. The van der Waals surface area contributed by atoms with Gasteiger partial charge in [-0.25, -0.2) is 0 Å². The zero-order valence-electron chi connectivity index (χ0n) is 10.7. The number of rotatable bonds is 2. The van der Waals surface area contributed by atoms with Crippen LogP contribution in [0.4, 0.5) is 5.69 Å². The van der Waals surface area contributed by atoms with Gasteiger partial charge in [-0.05, 0) is 43.0 Å². The first-order valence-corrected chi connectivity index (χ1v) is 6.90.